The highest BCUT2D eigenvalue weighted by atomic mass is 28.4. The summed E-state index contributed by atoms with van der Waals surface area (Å²) in [5, 5.41) is 21.1. The molecule has 4 heterocycles. The van der Waals surface area contributed by atoms with Gasteiger partial charge in [0.25, 0.3) is 11.8 Å². The van der Waals surface area contributed by atoms with Crippen LogP contribution in [0.25, 0.3) is 0 Å². The van der Waals surface area contributed by atoms with Crippen LogP contribution in [0.15, 0.2) is 119 Å². The number of aliphatic imine (C=N–C) groups is 2. The van der Waals surface area contributed by atoms with Crippen molar-refractivity contribution in [3.05, 3.63) is 154 Å². The van der Waals surface area contributed by atoms with Crippen LogP contribution in [-0.4, -0.2) is 145 Å². The van der Waals surface area contributed by atoms with Crippen LogP contribution in [0, 0.1) is 11.8 Å². The minimum absolute atomic E-state index is 0.0152. The number of methoxy groups -OCH3 is 4. The average Bonchev–Trinajstić information content (AvgIpc) is 1.62. The van der Waals surface area contributed by atoms with Crippen LogP contribution in [-0.2, 0) is 91.5 Å². The van der Waals surface area contributed by atoms with Crippen LogP contribution in [0.3, 0.4) is 0 Å². The second-order valence-corrected chi connectivity index (χ2v) is 34.7. The third-order valence-corrected chi connectivity index (χ3v) is 24.9. The maximum absolute atomic E-state index is 13.9. The fraction of sp³-hybridized carbons (Fsp3) is 0.435. The number of amides is 6. The van der Waals surface area contributed by atoms with Gasteiger partial charge in [0.2, 0.25) is 23.6 Å². The van der Waals surface area contributed by atoms with Crippen LogP contribution in [0.5, 0.6) is 23.0 Å². The van der Waals surface area contributed by atoms with E-state index in [9.17, 15) is 57.4 Å². The zero-order valence-electron chi connectivity index (χ0n) is 66.9. The monoisotopic (exact) mass is 1570 g/mol. The number of benzene rings is 6. The van der Waals surface area contributed by atoms with Crippen molar-refractivity contribution in [3.63, 3.8) is 0 Å². The number of ether oxygens (including phenoxy) is 6. The molecule has 604 valence electrons. The lowest BCUT2D eigenvalue weighted by atomic mass is 9.99. The molecule has 6 atom stereocenters. The van der Waals surface area contributed by atoms with Gasteiger partial charge in [0.05, 0.1) is 95.5 Å². The summed E-state index contributed by atoms with van der Waals surface area (Å²) in [6.45, 7) is 17.5. The van der Waals surface area contributed by atoms with Crippen LogP contribution in [0.4, 0.5) is 38.5 Å². The summed E-state index contributed by atoms with van der Waals surface area (Å²) >= 11 is 0. The van der Waals surface area contributed by atoms with Crippen molar-refractivity contribution in [1.82, 2.24) is 10.6 Å². The van der Waals surface area contributed by atoms with Crippen molar-refractivity contribution in [1.29, 1.82) is 0 Å². The van der Waals surface area contributed by atoms with Crippen molar-refractivity contribution in [3.8, 4) is 23.0 Å². The number of para-hydroxylation sites is 2. The van der Waals surface area contributed by atoms with Gasteiger partial charge >= 0.3 is 11.9 Å². The first-order chi connectivity index (χ1) is 53.9. The number of anilines is 4. The Morgan fingerprint density at radius 2 is 0.912 bits per heavy atom. The number of carbonyl (C=O) groups excluding carboxylic acids is 10. The number of carbonyl (C=O) groups is 10. The number of nitrogens with zero attached hydrogens (tertiary/aromatic N) is 4. The van der Waals surface area contributed by atoms with E-state index in [1.807, 2.05) is 72.9 Å². The fourth-order valence-electron chi connectivity index (χ4n) is 13.0. The van der Waals surface area contributed by atoms with Gasteiger partial charge < -0.3 is 59.2 Å². The van der Waals surface area contributed by atoms with Crippen LogP contribution >= 0.6 is 0 Å². The third-order valence-electron chi connectivity index (χ3n) is 20.4. The quantitative estimate of drug-likeness (QED) is 0.0142. The highest BCUT2D eigenvalue weighted by molar-refractivity contribution is 6.74. The number of aliphatic hydroxyl groups is 1. The summed E-state index contributed by atoms with van der Waals surface area (Å²) in [5.41, 5.74) is 9.36. The van der Waals surface area contributed by atoms with E-state index in [1.165, 1.54) is 28.4 Å². The molecule has 0 spiro atoms. The number of hydrogen-bond donors (Lipinski definition) is 5. The molecule has 5 N–H and O–H groups in total. The number of esters is 2. The number of nitrogens with one attached hydrogen (secondary N) is 4. The van der Waals surface area contributed by atoms with Crippen LogP contribution < -0.4 is 50.0 Å². The van der Waals surface area contributed by atoms with Gasteiger partial charge in [0.15, 0.2) is 42.9 Å². The van der Waals surface area contributed by atoms with Crippen molar-refractivity contribution in [2.45, 2.75) is 194 Å². The first kappa shape index (κ1) is 87.6. The Morgan fingerprint density at radius 3 is 1.30 bits per heavy atom. The highest BCUT2D eigenvalue weighted by Crippen LogP contribution is 2.44. The second kappa shape index (κ2) is 40.5. The van der Waals surface area contributed by atoms with E-state index < -0.39 is 38.1 Å². The molecule has 26 nitrogen and oxygen atoms in total. The lowest BCUT2D eigenvalue weighted by Gasteiger charge is -2.36. The van der Waals surface area contributed by atoms with Gasteiger partial charge in [0, 0.05) is 111 Å². The molecule has 4 aliphatic heterocycles. The molecule has 0 saturated heterocycles. The zero-order chi connectivity index (χ0) is 82.4. The molecule has 6 aromatic carbocycles. The average molecular weight is 1570 g/mol. The Bertz CT molecular complexity index is 4540. The Morgan fingerprint density at radius 1 is 0.531 bits per heavy atom. The number of hydrogen-bond acceptors (Lipinski definition) is 20. The highest BCUT2D eigenvalue weighted by Gasteiger charge is 2.40. The Kier molecular flexibility index (Phi) is 31.4. The summed E-state index contributed by atoms with van der Waals surface area (Å²) in [6, 6.07) is 31.1. The van der Waals surface area contributed by atoms with Crippen molar-refractivity contribution in [2.24, 2.45) is 21.8 Å². The molecule has 0 radical (unpaired) electrons. The lowest BCUT2D eigenvalue weighted by molar-refractivity contribution is -0.141. The van der Waals surface area contributed by atoms with E-state index in [0.29, 0.717) is 120 Å². The van der Waals surface area contributed by atoms with E-state index >= 15 is 0 Å². The summed E-state index contributed by atoms with van der Waals surface area (Å²) in [6.07, 6.45) is 7.53. The van der Waals surface area contributed by atoms with Gasteiger partial charge in [-0.1, -0.05) is 71.0 Å². The van der Waals surface area contributed by atoms with Gasteiger partial charge in [0.1, 0.15) is 13.2 Å². The van der Waals surface area contributed by atoms with Crippen LogP contribution in [0.2, 0.25) is 18.1 Å². The predicted molar refractivity (Wildman–Crippen MR) is 431 cm³/mol. The van der Waals surface area contributed by atoms with Gasteiger partial charge in [-0.3, -0.25) is 72.1 Å². The van der Waals surface area contributed by atoms with E-state index in [2.05, 4.69) is 69.6 Å². The van der Waals surface area contributed by atoms with Gasteiger partial charge in [-0.2, -0.15) is 0 Å². The molecule has 28 heteroatoms. The smallest absolute Gasteiger partial charge is 0.305 e. The molecule has 0 unspecified atom stereocenters. The minimum atomic E-state index is -2.13. The largest absolute Gasteiger partial charge is 0.493 e. The first-order valence-corrected chi connectivity index (χ1v) is 40.7. The summed E-state index contributed by atoms with van der Waals surface area (Å²) < 4.78 is 49.1. The van der Waals surface area contributed by atoms with Gasteiger partial charge in [-0.25, -0.2) is 0 Å². The normalized spacial score (nSPS) is 15.3. The van der Waals surface area contributed by atoms with Crippen molar-refractivity contribution < 1.29 is 90.3 Å². The lowest BCUT2D eigenvalue weighted by Crippen LogP contribution is -2.40. The number of unbranched alkanes of at least 4 members (excludes halogenated alkanes) is 2. The summed E-state index contributed by atoms with van der Waals surface area (Å²) in [5.74, 6) is -2.85. The molecule has 113 heavy (non-hydrogen) atoms. The maximum Gasteiger partial charge on any atom is 0.305 e. The Labute approximate surface area is 660 Å². The molecule has 4 aliphatic rings. The first-order valence-electron chi connectivity index (χ1n) is 37.8. The number of aliphatic hydroxyl groups excluding tert-OH is 1. The molecular formula is C85H105FN8O18Si. The third kappa shape index (κ3) is 23.3. The predicted octanol–water partition coefficient (Wildman–Crippen LogP) is 13.3. The molecular weight excluding hydrogens is 1470 g/mol. The number of Topliss-reactive ketones (excluding diaryl/α,β-unsaturated/α-hetero) is 2. The molecule has 0 bridgehead atoms. The number of fused-ring (bicyclic) bond motifs is 8. The second-order valence-electron chi connectivity index (χ2n) is 29.9. The zero-order valence-corrected chi connectivity index (χ0v) is 67.9. The van der Waals surface area contributed by atoms with Gasteiger partial charge in [-0.15, -0.1) is 0 Å². The molecule has 0 aliphatic carbocycles. The standard InChI is InChI=1S/C45H58N4O9Si.C39H44N4O9.CH3F/c1-28(18-38(50)29(2)47-41(51)16-12-13-17-42(52)56-7)43(53)48-33-20-30(19-31(21-33)27-58-59(8,9)45(3,4)5)26-57-40-24-36-35(23-39(40)55-6)44(54)49-34(25-46-36)22-32-14-10-11-15-37(32)49;1-23(13-33(45)24(2)41-36(46)11-7-8-12-37(47)51-4)38(48)42-28-15-25(21-44)14-26(16-28)22-52-35-19-31-30(18-34(35)50-3)39(49)43-29(20-40-31)17-27-9-5-6-10-32(27)43;1-2/h10-11,14-15,19-21,23-25,28-29,34H,12-13,16-18,22,26-27H2,1-9H3,(H,47,51)(H,48,53);5-6,9-10,14-16,18-20,23-24,29,44H,7-8,11-13,17,21-22H2,1-4H3,(H,41,46)(H,42,48);1H3/t28-,29+,34+;23-,24+,29+;/m11./s1. The van der Waals surface area contributed by atoms with E-state index in [-0.39, 0.29) is 129 Å². The number of alkyl halides is 1. The summed E-state index contributed by atoms with van der Waals surface area (Å²) in [4.78, 5) is 140. The summed E-state index contributed by atoms with van der Waals surface area (Å²) in [7, 11) is 4.01. The SMILES string of the molecule is CF.COC(=O)CCCCC(=O)N[C@@H](C)C(=O)C[C@@H](C)C(=O)Nc1cc(CO)cc(COc2cc3c(cc2OC)C(=O)N2c4ccccc4C[C@H]2C=N3)c1.COC(=O)CCCCC(=O)N[C@@H](C)C(=O)C[C@@H](C)C(=O)Nc1cc(COc2cc3c(cc2OC)C(=O)N2c4ccccc4C[C@H]2C=N3)cc(CO[Si](C)(C)C(C)(C)C)c1. The van der Waals surface area contributed by atoms with Crippen LogP contribution in [0.1, 0.15) is 167 Å². The molecule has 6 amide bonds. The molecule has 6 aromatic rings. The molecule has 0 fully saturated rings. The topological polar surface area (TPSA) is 335 Å². The fourth-order valence-corrected chi connectivity index (χ4v) is 13.9. The van der Waals surface area contributed by atoms with Crippen molar-refractivity contribution in [2.75, 3.05) is 56.1 Å². The maximum atomic E-state index is 13.9. The number of rotatable bonds is 34. The van der Waals surface area contributed by atoms with Crippen molar-refractivity contribution >= 4 is 114 Å². The molecule has 10 rings (SSSR count). The van der Waals surface area contributed by atoms with E-state index in [0.717, 1.165) is 33.6 Å². The Hall–Kier alpha value is -11.0. The number of ketones is 2. The molecule has 0 saturated carbocycles. The van der Waals surface area contributed by atoms with E-state index in [1.54, 1.807) is 86.2 Å². The molecule has 0 aromatic heterocycles. The Balaban J connectivity index is 0.000000279. The number of halogens is 1. The minimum Gasteiger partial charge on any atom is -0.493 e. The van der Waals surface area contributed by atoms with Gasteiger partial charge in [-0.05, 0) is 152 Å². The van der Waals surface area contributed by atoms with E-state index in [4.69, 9.17) is 28.4 Å².